The van der Waals surface area contributed by atoms with Crippen molar-refractivity contribution in [1.29, 1.82) is 0 Å². The molecule has 2 N–H and O–H groups in total. The van der Waals surface area contributed by atoms with Gasteiger partial charge in [0.2, 0.25) is 0 Å². The SMILES string of the molecule is CCCC(O)CNC(=O)N1CCCCCC1. The molecule has 1 atom stereocenters. The van der Waals surface area contributed by atoms with Gasteiger partial charge in [0, 0.05) is 19.6 Å². The number of nitrogens with one attached hydrogen (secondary N) is 1. The number of carbonyl (C=O) groups is 1. The van der Waals surface area contributed by atoms with E-state index in [0.717, 1.165) is 38.8 Å². The quantitative estimate of drug-likeness (QED) is 0.770. The topological polar surface area (TPSA) is 52.6 Å². The summed E-state index contributed by atoms with van der Waals surface area (Å²) in [6.07, 6.45) is 5.95. The zero-order chi connectivity index (χ0) is 11.8. The normalized spacial score (nSPS) is 19.0. The number of carbonyl (C=O) groups excluding carboxylic acids is 1. The van der Waals surface area contributed by atoms with Gasteiger partial charge in [0.1, 0.15) is 0 Å². The minimum Gasteiger partial charge on any atom is -0.391 e. The standard InChI is InChI=1S/C12H24N2O2/c1-2-7-11(15)10-13-12(16)14-8-5-3-4-6-9-14/h11,15H,2-10H2,1H3,(H,13,16). The van der Waals surface area contributed by atoms with Crippen molar-refractivity contribution in [2.24, 2.45) is 0 Å². The Labute approximate surface area is 98.0 Å². The zero-order valence-corrected chi connectivity index (χ0v) is 10.2. The van der Waals surface area contributed by atoms with Gasteiger partial charge in [-0.25, -0.2) is 4.79 Å². The van der Waals surface area contributed by atoms with E-state index in [1.54, 1.807) is 0 Å². The number of rotatable bonds is 4. The van der Waals surface area contributed by atoms with Crippen LogP contribution in [0.15, 0.2) is 0 Å². The van der Waals surface area contributed by atoms with Crippen molar-refractivity contribution < 1.29 is 9.90 Å². The number of aliphatic hydroxyl groups excluding tert-OH is 1. The van der Waals surface area contributed by atoms with Crippen molar-refractivity contribution in [2.45, 2.75) is 51.6 Å². The summed E-state index contributed by atoms with van der Waals surface area (Å²) in [5.74, 6) is 0. The van der Waals surface area contributed by atoms with E-state index in [1.807, 2.05) is 11.8 Å². The van der Waals surface area contributed by atoms with Crippen LogP contribution in [0, 0.1) is 0 Å². The second kappa shape index (κ2) is 7.49. The summed E-state index contributed by atoms with van der Waals surface area (Å²) >= 11 is 0. The smallest absolute Gasteiger partial charge is 0.317 e. The lowest BCUT2D eigenvalue weighted by Crippen LogP contribution is -2.43. The van der Waals surface area contributed by atoms with Gasteiger partial charge in [0.05, 0.1) is 6.10 Å². The van der Waals surface area contributed by atoms with Gasteiger partial charge in [-0.3, -0.25) is 0 Å². The summed E-state index contributed by atoms with van der Waals surface area (Å²) in [5.41, 5.74) is 0. The van der Waals surface area contributed by atoms with Crippen molar-refractivity contribution in [1.82, 2.24) is 10.2 Å². The van der Waals surface area contributed by atoms with Gasteiger partial charge in [-0.15, -0.1) is 0 Å². The molecule has 1 unspecified atom stereocenters. The Balaban J connectivity index is 2.22. The molecule has 1 aliphatic heterocycles. The van der Waals surface area contributed by atoms with Crippen LogP contribution in [0.3, 0.4) is 0 Å². The monoisotopic (exact) mass is 228 g/mol. The molecule has 0 aliphatic carbocycles. The molecule has 0 saturated carbocycles. The number of urea groups is 1. The number of aliphatic hydroxyl groups is 1. The Morgan fingerprint density at radius 3 is 2.50 bits per heavy atom. The van der Waals surface area contributed by atoms with E-state index in [4.69, 9.17) is 0 Å². The van der Waals surface area contributed by atoms with Crippen LogP contribution < -0.4 is 5.32 Å². The Hall–Kier alpha value is -0.770. The first-order valence-electron chi connectivity index (χ1n) is 6.45. The molecular formula is C12H24N2O2. The van der Waals surface area contributed by atoms with Crippen LogP contribution >= 0.6 is 0 Å². The van der Waals surface area contributed by atoms with E-state index in [0.29, 0.717) is 6.54 Å². The van der Waals surface area contributed by atoms with Crippen LogP contribution in [0.4, 0.5) is 4.79 Å². The molecule has 1 saturated heterocycles. The number of hydrogen-bond donors (Lipinski definition) is 2. The largest absolute Gasteiger partial charge is 0.391 e. The molecule has 4 nitrogen and oxygen atoms in total. The van der Waals surface area contributed by atoms with Crippen LogP contribution in [0.2, 0.25) is 0 Å². The van der Waals surface area contributed by atoms with Crippen molar-refractivity contribution in [3.8, 4) is 0 Å². The Kier molecular flexibility index (Phi) is 6.23. The predicted octanol–water partition coefficient (Wildman–Crippen LogP) is 1.73. The maximum absolute atomic E-state index is 11.8. The van der Waals surface area contributed by atoms with Gasteiger partial charge in [-0.2, -0.15) is 0 Å². The molecule has 2 amide bonds. The van der Waals surface area contributed by atoms with Gasteiger partial charge in [0.25, 0.3) is 0 Å². The molecule has 1 aliphatic rings. The highest BCUT2D eigenvalue weighted by Crippen LogP contribution is 2.09. The van der Waals surface area contributed by atoms with Gasteiger partial charge >= 0.3 is 6.03 Å². The zero-order valence-electron chi connectivity index (χ0n) is 10.2. The van der Waals surface area contributed by atoms with E-state index in [-0.39, 0.29) is 6.03 Å². The lowest BCUT2D eigenvalue weighted by atomic mass is 10.2. The summed E-state index contributed by atoms with van der Waals surface area (Å²) in [4.78, 5) is 13.6. The van der Waals surface area contributed by atoms with Crippen LogP contribution in [-0.4, -0.2) is 41.8 Å². The summed E-state index contributed by atoms with van der Waals surface area (Å²) in [7, 11) is 0. The number of likely N-dealkylation sites (tertiary alicyclic amines) is 1. The first-order chi connectivity index (χ1) is 7.74. The van der Waals surface area contributed by atoms with E-state index in [9.17, 15) is 9.90 Å². The molecule has 16 heavy (non-hydrogen) atoms. The number of nitrogens with zero attached hydrogens (tertiary/aromatic N) is 1. The first kappa shape index (κ1) is 13.3. The molecule has 0 radical (unpaired) electrons. The van der Waals surface area contributed by atoms with Gasteiger partial charge in [-0.05, 0) is 19.3 Å². The highest BCUT2D eigenvalue weighted by atomic mass is 16.3. The Morgan fingerprint density at radius 2 is 1.94 bits per heavy atom. The lowest BCUT2D eigenvalue weighted by Gasteiger charge is -2.21. The van der Waals surface area contributed by atoms with Gasteiger partial charge in [-0.1, -0.05) is 26.2 Å². The van der Waals surface area contributed by atoms with Crippen LogP contribution in [0.1, 0.15) is 45.4 Å². The molecule has 0 aromatic carbocycles. The lowest BCUT2D eigenvalue weighted by molar-refractivity contribution is 0.152. The molecular weight excluding hydrogens is 204 g/mol. The second-order valence-corrected chi connectivity index (χ2v) is 4.53. The molecule has 1 heterocycles. The number of hydrogen-bond acceptors (Lipinski definition) is 2. The summed E-state index contributed by atoms with van der Waals surface area (Å²) in [6.45, 7) is 4.12. The van der Waals surface area contributed by atoms with Crippen molar-refractivity contribution in [3.05, 3.63) is 0 Å². The number of amides is 2. The van der Waals surface area contributed by atoms with Crippen LogP contribution in [-0.2, 0) is 0 Å². The molecule has 1 fully saturated rings. The third-order valence-electron chi connectivity index (χ3n) is 3.00. The summed E-state index contributed by atoms with van der Waals surface area (Å²) < 4.78 is 0. The van der Waals surface area contributed by atoms with Crippen molar-refractivity contribution in [2.75, 3.05) is 19.6 Å². The molecule has 0 aromatic heterocycles. The fraction of sp³-hybridized carbons (Fsp3) is 0.917. The molecule has 0 spiro atoms. The maximum Gasteiger partial charge on any atom is 0.317 e. The fourth-order valence-corrected chi connectivity index (χ4v) is 2.03. The summed E-state index contributed by atoms with van der Waals surface area (Å²) in [5, 5.41) is 12.3. The van der Waals surface area contributed by atoms with E-state index < -0.39 is 6.10 Å². The predicted molar refractivity (Wildman–Crippen MR) is 64.4 cm³/mol. The highest BCUT2D eigenvalue weighted by molar-refractivity contribution is 5.74. The first-order valence-corrected chi connectivity index (χ1v) is 6.45. The van der Waals surface area contributed by atoms with Gasteiger partial charge in [0.15, 0.2) is 0 Å². The Bertz CT molecular complexity index is 201. The van der Waals surface area contributed by atoms with Gasteiger partial charge < -0.3 is 15.3 Å². The molecule has 0 bridgehead atoms. The minimum atomic E-state index is -0.402. The molecule has 0 aromatic rings. The Morgan fingerprint density at radius 1 is 1.31 bits per heavy atom. The molecule has 1 rings (SSSR count). The summed E-state index contributed by atoms with van der Waals surface area (Å²) in [6, 6.07) is -0.0166. The van der Waals surface area contributed by atoms with Crippen molar-refractivity contribution in [3.63, 3.8) is 0 Å². The van der Waals surface area contributed by atoms with Crippen LogP contribution in [0.25, 0.3) is 0 Å². The van der Waals surface area contributed by atoms with Crippen LogP contribution in [0.5, 0.6) is 0 Å². The third kappa shape index (κ3) is 4.84. The second-order valence-electron chi connectivity index (χ2n) is 4.53. The maximum atomic E-state index is 11.8. The average molecular weight is 228 g/mol. The fourth-order valence-electron chi connectivity index (χ4n) is 2.03. The third-order valence-corrected chi connectivity index (χ3v) is 3.00. The van der Waals surface area contributed by atoms with Crippen molar-refractivity contribution >= 4 is 6.03 Å². The molecule has 4 heteroatoms. The highest BCUT2D eigenvalue weighted by Gasteiger charge is 2.15. The molecule has 94 valence electrons. The van der Waals surface area contributed by atoms with E-state index >= 15 is 0 Å². The minimum absolute atomic E-state index is 0.0166. The average Bonchev–Trinajstić information content (AvgIpc) is 2.55. The van der Waals surface area contributed by atoms with E-state index in [2.05, 4.69) is 5.32 Å². The van der Waals surface area contributed by atoms with E-state index in [1.165, 1.54) is 12.8 Å².